The van der Waals surface area contributed by atoms with Crippen LogP contribution in [0.5, 0.6) is 5.75 Å². The summed E-state index contributed by atoms with van der Waals surface area (Å²) in [6, 6.07) is 16.5. The number of hydrogen-bond donors (Lipinski definition) is 0. The molecule has 0 bridgehead atoms. The summed E-state index contributed by atoms with van der Waals surface area (Å²) < 4.78 is 6.18. The molecule has 3 aliphatic rings. The fraction of sp³-hybridized carbons (Fsp3) is 0.721. The van der Waals surface area contributed by atoms with Gasteiger partial charge in [-0.3, -0.25) is 0 Å². The Balaban J connectivity index is 1.39. The summed E-state index contributed by atoms with van der Waals surface area (Å²) in [6.45, 7) is 30.9. The van der Waals surface area contributed by atoms with Gasteiger partial charge in [0.1, 0.15) is 5.75 Å². The Morgan fingerprint density at radius 2 is 1.39 bits per heavy atom. The molecule has 2 aromatic rings. The molecule has 0 amide bonds. The Labute approximate surface area is 286 Å². The second-order valence-electron chi connectivity index (χ2n) is 19.6. The summed E-state index contributed by atoms with van der Waals surface area (Å²) in [4.78, 5) is 0. The molecular weight excluding hydrogens is 589 g/mol. The van der Waals surface area contributed by atoms with Gasteiger partial charge in [0, 0.05) is 26.3 Å². The third-order valence-corrected chi connectivity index (χ3v) is 35.0. The number of methoxy groups -OCH3 is 1. The minimum atomic E-state index is -1.48. The average molecular weight is 659 g/mol. The van der Waals surface area contributed by atoms with E-state index >= 15 is 0 Å². The molecule has 0 saturated heterocycles. The number of benzene rings is 2. The van der Waals surface area contributed by atoms with Crippen molar-refractivity contribution in [3.8, 4) is 5.75 Å². The van der Waals surface area contributed by atoms with Gasteiger partial charge < -0.3 is 4.74 Å². The predicted molar refractivity (Wildman–Crippen MR) is 207 cm³/mol. The van der Waals surface area contributed by atoms with Crippen molar-refractivity contribution in [2.45, 2.75) is 167 Å². The fourth-order valence-electron chi connectivity index (χ4n) is 11.3. The molecule has 3 fully saturated rings. The van der Waals surface area contributed by atoms with E-state index in [1.165, 1.54) is 68.1 Å². The van der Waals surface area contributed by atoms with Gasteiger partial charge in [-0.25, -0.2) is 0 Å². The second-order valence-corrected chi connectivity index (χ2v) is 35.7. The summed E-state index contributed by atoms with van der Waals surface area (Å²) in [6.07, 6.45) is 11.6. The Morgan fingerprint density at radius 3 is 1.96 bits per heavy atom. The first-order valence-corrected chi connectivity index (χ1v) is 26.3. The van der Waals surface area contributed by atoms with E-state index in [-0.39, 0.29) is 10.8 Å². The van der Waals surface area contributed by atoms with E-state index in [1.807, 2.05) is 7.11 Å². The minimum absolute atomic E-state index is 0.0590. The first-order valence-electron chi connectivity index (χ1n) is 19.2. The summed E-state index contributed by atoms with van der Waals surface area (Å²) in [5, 5.41) is 0. The highest BCUT2D eigenvalue weighted by Gasteiger charge is 2.59. The maximum absolute atomic E-state index is 6.18. The first kappa shape index (κ1) is 36.0. The normalized spacial score (nSPS) is 29.9. The molecule has 8 unspecified atom stereocenters. The van der Waals surface area contributed by atoms with Crippen LogP contribution in [0, 0.1) is 23.7 Å². The maximum Gasteiger partial charge on any atom is 0.126 e. The Morgan fingerprint density at radius 1 is 0.783 bits per heavy atom. The van der Waals surface area contributed by atoms with Crippen LogP contribution in [0.3, 0.4) is 0 Å². The van der Waals surface area contributed by atoms with Crippen LogP contribution in [0.15, 0.2) is 42.5 Å². The summed E-state index contributed by atoms with van der Waals surface area (Å²) in [7, 11) is -1.00. The van der Waals surface area contributed by atoms with Gasteiger partial charge in [-0.05, 0) is 87.8 Å². The number of rotatable bonds is 8. The van der Waals surface area contributed by atoms with Crippen LogP contribution >= 0.6 is 0 Å². The van der Waals surface area contributed by atoms with E-state index < -0.39 is 15.2 Å². The minimum Gasteiger partial charge on any atom is -0.496 e. The fourth-order valence-corrected chi connectivity index (χ4v) is 26.0. The monoisotopic (exact) mass is 658 g/mol. The Hall–Kier alpha value is -1.33. The topological polar surface area (TPSA) is 9.23 Å². The molecule has 0 aromatic heterocycles. The quantitative estimate of drug-likeness (QED) is 0.256. The van der Waals surface area contributed by atoms with Crippen LogP contribution in [0.4, 0.5) is 0 Å². The van der Waals surface area contributed by atoms with E-state index in [9.17, 15) is 0 Å². The molecule has 0 N–H and O–H groups in total. The molecule has 3 heteroatoms. The molecule has 5 rings (SSSR count). The Bertz CT molecular complexity index is 1290. The lowest BCUT2D eigenvalue weighted by Gasteiger charge is -2.51. The molecule has 0 aliphatic heterocycles. The van der Waals surface area contributed by atoms with Crippen molar-refractivity contribution in [1.82, 2.24) is 0 Å². The largest absolute Gasteiger partial charge is 0.496 e. The number of fused-ring (bicyclic) bond motifs is 1. The molecule has 46 heavy (non-hydrogen) atoms. The third kappa shape index (κ3) is 6.76. The highest BCUT2D eigenvalue weighted by molar-refractivity contribution is 7.41. The molecule has 8 atom stereocenters. The SMILES string of the molecule is COc1c(C(C)(C)C)cc(C2CCCC3C2CC(C)C3[Si](C)(C)[Si](C)(C)C2CCC(CC(C)c3ccccc3)C2)cc1C(C)(C)C. The zero-order chi connectivity index (χ0) is 33.8. The summed E-state index contributed by atoms with van der Waals surface area (Å²) in [5.41, 5.74) is 8.11. The van der Waals surface area contributed by atoms with Crippen LogP contribution in [-0.2, 0) is 10.8 Å². The van der Waals surface area contributed by atoms with Gasteiger partial charge in [0.05, 0.1) is 7.11 Å². The number of ether oxygens (including phenoxy) is 1. The van der Waals surface area contributed by atoms with Crippen LogP contribution in [0.25, 0.3) is 0 Å². The van der Waals surface area contributed by atoms with Crippen molar-refractivity contribution in [2.24, 2.45) is 23.7 Å². The smallest absolute Gasteiger partial charge is 0.126 e. The van der Waals surface area contributed by atoms with E-state index in [1.54, 1.807) is 5.56 Å². The molecule has 3 saturated carbocycles. The molecule has 0 radical (unpaired) electrons. The van der Waals surface area contributed by atoms with Crippen molar-refractivity contribution in [3.05, 3.63) is 64.7 Å². The van der Waals surface area contributed by atoms with Gasteiger partial charge in [-0.2, -0.15) is 0 Å². The summed E-state index contributed by atoms with van der Waals surface area (Å²) in [5.74, 6) is 6.09. The van der Waals surface area contributed by atoms with Crippen molar-refractivity contribution in [3.63, 3.8) is 0 Å². The molecule has 0 heterocycles. The first-order chi connectivity index (χ1) is 21.4. The van der Waals surface area contributed by atoms with Crippen molar-refractivity contribution in [1.29, 1.82) is 0 Å². The van der Waals surface area contributed by atoms with Gasteiger partial charge in [0.15, 0.2) is 0 Å². The van der Waals surface area contributed by atoms with E-state index in [0.29, 0.717) is 11.8 Å². The van der Waals surface area contributed by atoms with Crippen molar-refractivity contribution < 1.29 is 4.74 Å². The maximum atomic E-state index is 6.18. The molecular formula is C43H70OSi2. The molecule has 1 nitrogen and oxygen atoms in total. The van der Waals surface area contributed by atoms with Crippen LogP contribution < -0.4 is 4.74 Å². The van der Waals surface area contributed by atoms with Gasteiger partial charge in [0.25, 0.3) is 0 Å². The lowest BCUT2D eigenvalue weighted by Crippen LogP contribution is -2.62. The predicted octanol–water partition coefficient (Wildman–Crippen LogP) is 13.1. The third-order valence-electron chi connectivity index (χ3n) is 14.3. The summed E-state index contributed by atoms with van der Waals surface area (Å²) >= 11 is 0. The highest BCUT2D eigenvalue weighted by Crippen LogP contribution is 2.63. The highest BCUT2D eigenvalue weighted by atomic mass is 29.3. The van der Waals surface area contributed by atoms with Gasteiger partial charge in [-0.15, -0.1) is 0 Å². The van der Waals surface area contributed by atoms with Crippen LogP contribution in [0.2, 0.25) is 37.3 Å². The van der Waals surface area contributed by atoms with Crippen LogP contribution in [0.1, 0.15) is 141 Å². The average Bonchev–Trinajstić information content (AvgIpc) is 3.60. The van der Waals surface area contributed by atoms with Gasteiger partial charge in [0.2, 0.25) is 0 Å². The standard InChI is InChI=1S/C43H70OSi2/c1-29(32-18-15-14-16-19-32)24-31-22-23-34(26-31)45(10,11)46(12,13)41-30(2)25-37-35(20-17-21-36(37)41)33-27-38(42(3,4)5)40(44-9)39(28-33)43(6,7)8/h14-16,18-19,27-31,34-37,41H,17,20-26H2,1-13H3. The number of hydrogen-bond acceptors (Lipinski definition) is 1. The second kappa shape index (κ2) is 13.2. The zero-order valence-electron chi connectivity index (χ0n) is 32.2. The molecule has 2 aromatic carbocycles. The molecule has 256 valence electrons. The zero-order valence-corrected chi connectivity index (χ0v) is 34.2. The van der Waals surface area contributed by atoms with Crippen molar-refractivity contribution in [2.75, 3.05) is 7.11 Å². The lowest BCUT2D eigenvalue weighted by atomic mass is 9.68. The van der Waals surface area contributed by atoms with E-state index in [0.717, 1.165) is 40.5 Å². The van der Waals surface area contributed by atoms with E-state index in [4.69, 9.17) is 4.74 Å². The molecule has 3 aliphatic carbocycles. The lowest BCUT2D eigenvalue weighted by molar-refractivity contribution is 0.236. The molecule has 0 spiro atoms. The van der Waals surface area contributed by atoms with Crippen LogP contribution in [-0.4, -0.2) is 22.3 Å². The van der Waals surface area contributed by atoms with Crippen molar-refractivity contribution >= 4 is 15.2 Å². The van der Waals surface area contributed by atoms with Gasteiger partial charge in [-0.1, -0.05) is 156 Å². The Kier molecular flexibility index (Phi) is 10.3. The van der Waals surface area contributed by atoms with E-state index in [2.05, 4.69) is 124 Å². The van der Waals surface area contributed by atoms with Gasteiger partial charge >= 0.3 is 0 Å².